The maximum Gasteiger partial charge on any atom is 0.133 e. The van der Waals surface area contributed by atoms with Crippen LogP contribution in [0.25, 0.3) is 0 Å². The van der Waals surface area contributed by atoms with Crippen molar-refractivity contribution in [1.82, 2.24) is 0 Å². The van der Waals surface area contributed by atoms with Gasteiger partial charge in [0.1, 0.15) is 17.3 Å². The van der Waals surface area contributed by atoms with E-state index in [0.717, 1.165) is 12.1 Å². The number of phenolic OH excluding ortho intramolecular Hbond substituents is 2. The van der Waals surface area contributed by atoms with Gasteiger partial charge in [0.25, 0.3) is 0 Å². The molecule has 10 heavy (non-hydrogen) atoms. The van der Waals surface area contributed by atoms with Crippen LogP contribution in [0, 0.1) is 12.7 Å². The minimum absolute atomic E-state index is 0.151. The highest BCUT2D eigenvalue weighted by Gasteiger charge is 2.03. The SMILES string of the molecule is Cc1c(O)cc(O)cc1F. The molecular formula is C7H7FO2. The van der Waals surface area contributed by atoms with Crippen molar-refractivity contribution in [1.29, 1.82) is 0 Å². The summed E-state index contributed by atoms with van der Waals surface area (Å²) in [6.07, 6.45) is 0. The summed E-state index contributed by atoms with van der Waals surface area (Å²) in [5.41, 5.74) is 0.151. The van der Waals surface area contributed by atoms with Crippen LogP contribution in [0.1, 0.15) is 5.56 Å². The quantitative estimate of drug-likeness (QED) is 0.576. The van der Waals surface area contributed by atoms with E-state index in [1.807, 2.05) is 0 Å². The third kappa shape index (κ3) is 1.03. The topological polar surface area (TPSA) is 40.5 Å². The van der Waals surface area contributed by atoms with Crippen LogP contribution in [0.2, 0.25) is 0 Å². The molecule has 54 valence electrons. The minimum Gasteiger partial charge on any atom is -0.508 e. The second kappa shape index (κ2) is 2.17. The van der Waals surface area contributed by atoms with Crippen molar-refractivity contribution in [2.75, 3.05) is 0 Å². The lowest BCUT2D eigenvalue weighted by Crippen LogP contribution is -1.81. The number of hydrogen-bond donors (Lipinski definition) is 2. The fourth-order valence-corrected chi connectivity index (χ4v) is 0.650. The first-order valence-corrected chi connectivity index (χ1v) is 2.79. The first-order valence-electron chi connectivity index (χ1n) is 2.79. The number of halogens is 1. The minimum atomic E-state index is -0.600. The van der Waals surface area contributed by atoms with Gasteiger partial charge in [-0.1, -0.05) is 0 Å². The molecule has 0 heterocycles. The lowest BCUT2D eigenvalue weighted by atomic mass is 10.2. The summed E-state index contributed by atoms with van der Waals surface area (Å²) in [7, 11) is 0. The molecule has 0 atom stereocenters. The predicted molar refractivity (Wildman–Crippen MR) is 34.5 cm³/mol. The second-order valence-electron chi connectivity index (χ2n) is 2.07. The van der Waals surface area contributed by atoms with E-state index in [2.05, 4.69) is 0 Å². The Hall–Kier alpha value is -1.25. The zero-order valence-corrected chi connectivity index (χ0v) is 5.43. The van der Waals surface area contributed by atoms with E-state index in [9.17, 15) is 4.39 Å². The van der Waals surface area contributed by atoms with Crippen LogP contribution < -0.4 is 0 Å². The Morgan fingerprint density at radius 2 is 1.90 bits per heavy atom. The lowest BCUT2D eigenvalue weighted by Gasteiger charge is -1.99. The average molecular weight is 142 g/mol. The van der Waals surface area contributed by atoms with Gasteiger partial charge in [0.2, 0.25) is 0 Å². The smallest absolute Gasteiger partial charge is 0.133 e. The van der Waals surface area contributed by atoms with E-state index in [4.69, 9.17) is 10.2 Å². The molecule has 0 amide bonds. The molecule has 0 spiro atoms. The van der Waals surface area contributed by atoms with Gasteiger partial charge in [-0.05, 0) is 6.92 Å². The molecule has 0 saturated carbocycles. The van der Waals surface area contributed by atoms with Crippen LogP contribution in [-0.2, 0) is 0 Å². The largest absolute Gasteiger partial charge is 0.508 e. The fourth-order valence-electron chi connectivity index (χ4n) is 0.650. The Kier molecular flexibility index (Phi) is 1.49. The third-order valence-corrected chi connectivity index (χ3v) is 1.30. The Bertz CT molecular complexity index is 235. The molecule has 0 aliphatic heterocycles. The van der Waals surface area contributed by atoms with E-state index >= 15 is 0 Å². The molecular weight excluding hydrogens is 135 g/mol. The zero-order valence-electron chi connectivity index (χ0n) is 5.43. The van der Waals surface area contributed by atoms with Crippen molar-refractivity contribution in [3.8, 4) is 11.5 Å². The molecule has 2 N–H and O–H groups in total. The molecule has 0 bridgehead atoms. The van der Waals surface area contributed by atoms with Gasteiger partial charge in [0, 0.05) is 17.7 Å². The number of aromatic hydroxyl groups is 2. The molecule has 0 aromatic heterocycles. The van der Waals surface area contributed by atoms with E-state index in [0.29, 0.717) is 0 Å². The standard InChI is InChI=1S/C7H7FO2/c1-4-6(8)2-5(9)3-7(4)10/h2-3,9-10H,1H3. The van der Waals surface area contributed by atoms with Crippen molar-refractivity contribution in [3.63, 3.8) is 0 Å². The van der Waals surface area contributed by atoms with Gasteiger partial charge < -0.3 is 10.2 Å². The molecule has 0 aliphatic carbocycles. The summed E-state index contributed by atoms with van der Waals surface area (Å²) in [4.78, 5) is 0. The maximum absolute atomic E-state index is 12.5. The molecule has 1 aromatic carbocycles. The van der Waals surface area contributed by atoms with Crippen molar-refractivity contribution in [2.24, 2.45) is 0 Å². The summed E-state index contributed by atoms with van der Waals surface area (Å²) < 4.78 is 12.5. The molecule has 1 aromatic rings. The molecule has 0 aliphatic rings. The molecule has 0 saturated heterocycles. The van der Waals surface area contributed by atoms with Gasteiger partial charge in [-0.25, -0.2) is 4.39 Å². The average Bonchev–Trinajstić information content (AvgIpc) is 1.82. The lowest BCUT2D eigenvalue weighted by molar-refractivity contribution is 0.437. The molecule has 0 radical (unpaired) electrons. The van der Waals surface area contributed by atoms with Crippen LogP contribution >= 0.6 is 0 Å². The summed E-state index contributed by atoms with van der Waals surface area (Å²) in [6, 6.07) is 2.05. The van der Waals surface area contributed by atoms with E-state index in [1.54, 1.807) is 0 Å². The highest BCUT2D eigenvalue weighted by Crippen LogP contribution is 2.24. The van der Waals surface area contributed by atoms with Gasteiger partial charge in [0.15, 0.2) is 0 Å². The summed E-state index contributed by atoms with van der Waals surface area (Å²) >= 11 is 0. The molecule has 3 heteroatoms. The monoisotopic (exact) mass is 142 g/mol. The zero-order chi connectivity index (χ0) is 7.72. The van der Waals surface area contributed by atoms with Crippen molar-refractivity contribution >= 4 is 0 Å². The Labute approximate surface area is 57.6 Å². The van der Waals surface area contributed by atoms with Gasteiger partial charge in [-0.3, -0.25) is 0 Å². The van der Waals surface area contributed by atoms with Crippen LogP contribution in [0.15, 0.2) is 12.1 Å². The number of hydrogen-bond acceptors (Lipinski definition) is 2. The van der Waals surface area contributed by atoms with E-state index < -0.39 is 5.82 Å². The highest BCUT2D eigenvalue weighted by molar-refractivity contribution is 5.38. The summed E-state index contributed by atoms with van der Waals surface area (Å²) in [6.45, 7) is 1.43. The van der Waals surface area contributed by atoms with Crippen LogP contribution in [0.4, 0.5) is 4.39 Å². The molecule has 0 unspecified atom stereocenters. The number of rotatable bonds is 0. The van der Waals surface area contributed by atoms with E-state index in [1.165, 1.54) is 6.92 Å². The third-order valence-electron chi connectivity index (χ3n) is 1.30. The van der Waals surface area contributed by atoms with Crippen LogP contribution in [0.3, 0.4) is 0 Å². The van der Waals surface area contributed by atoms with Crippen molar-refractivity contribution < 1.29 is 14.6 Å². The Morgan fingerprint density at radius 1 is 1.30 bits per heavy atom. The van der Waals surface area contributed by atoms with Gasteiger partial charge in [0.05, 0.1) is 0 Å². The first-order chi connectivity index (χ1) is 4.61. The highest BCUT2D eigenvalue weighted by atomic mass is 19.1. The van der Waals surface area contributed by atoms with Crippen LogP contribution in [0.5, 0.6) is 11.5 Å². The molecule has 1 rings (SSSR count). The summed E-state index contributed by atoms with van der Waals surface area (Å²) in [5, 5.41) is 17.6. The number of benzene rings is 1. The van der Waals surface area contributed by atoms with E-state index in [-0.39, 0.29) is 17.1 Å². The first kappa shape index (κ1) is 6.86. The maximum atomic E-state index is 12.5. The predicted octanol–water partition coefficient (Wildman–Crippen LogP) is 1.55. The van der Waals surface area contributed by atoms with Gasteiger partial charge in [-0.15, -0.1) is 0 Å². The van der Waals surface area contributed by atoms with Crippen molar-refractivity contribution in [2.45, 2.75) is 6.92 Å². The second-order valence-corrected chi connectivity index (χ2v) is 2.07. The number of phenols is 2. The molecule has 2 nitrogen and oxygen atoms in total. The fraction of sp³-hybridized carbons (Fsp3) is 0.143. The normalized spacial score (nSPS) is 9.80. The van der Waals surface area contributed by atoms with Gasteiger partial charge >= 0.3 is 0 Å². The van der Waals surface area contributed by atoms with Crippen LogP contribution in [-0.4, -0.2) is 10.2 Å². The Balaban J connectivity index is 3.31. The summed E-state index contributed by atoms with van der Waals surface area (Å²) in [5.74, 6) is -1.09. The van der Waals surface area contributed by atoms with Gasteiger partial charge in [-0.2, -0.15) is 0 Å². The molecule has 0 fully saturated rings. The Morgan fingerprint density at radius 3 is 2.40 bits per heavy atom. The van der Waals surface area contributed by atoms with Crippen molar-refractivity contribution in [3.05, 3.63) is 23.5 Å².